The van der Waals surface area contributed by atoms with Crippen LogP contribution in [0.4, 0.5) is 4.79 Å². The monoisotopic (exact) mass is 311 g/mol. The van der Waals surface area contributed by atoms with E-state index in [1.807, 2.05) is 5.32 Å². The predicted octanol–water partition coefficient (Wildman–Crippen LogP) is -0.536. The van der Waals surface area contributed by atoms with Crippen LogP contribution in [0, 0.1) is 0 Å². The Kier molecular flexibility index (Phi) is 5.95. The summed E-state index contributed by atoms with van der Waals surface area (Å²) in [5, 5.41) is 19.1. The molecule has 1 unspecified atom stereocenters. The second-order valence-corrected chi connectivity index (χ2v) is 7.09. The molecule has 0 aliphatic carbocycles. The SMILES string of the molecule is CC(C)(C)OC(=O)NC(CS(=O)(=O)CC(=O)O)C(=O)O. The van der Waals surface area contributed by atoms with Crippen LogP contribution in [0.15, 0.2) is 0 Å². The zero-order valence-corrected chi connectivity index (χ0v) is 12.1. The molecular formula is C10H17NO8S. The molecule has 0 spiro atoms. The van der Waals surface area contributed by atoms with Gasteiger partial charge in [0, 0.05) is 0 Å². The molecule has 0 fully saturated rings. The van der Waals surface area contributed by atoms with Gasteiger partial charge < -0.3 is 20.3 Å². The Morgan fingerprint density at radius 2 is 1.70 bits per heavy atom. The van der Waals surface area contributed by atoms with Crippen LogP contribution in [0.1, 0.15) is 20.8 Å². The normalized spacial score (nSPS) is 13.3. The summed E-state index contributed by atoms with van der Waals surface area (Å²) in [7, 11) is -4.17. The first kappa shape index (κ1) is 18.2. The third-order valence-electron chi connectivity index (χ3n) is 1.75. The molecule has 9 nitrogen and oxygen atoms in total. The third-order valence-corrected chi connectivity index (χ3v) is 3.28. The van der Waals surface area contributed by atoms with Crippen LogP contribution in [-0.2, 0) is 24.2 Å². The summed E-state index contributed by atoms with van der Waals surface area (Å²) < 4.78 is 27.6. The Labute approximate surface area is 115 Å². The largest absolute Gasteiger partial charge is 0.480 e. The van der Waals surface area contributed by atoms with E-state index in [1.54, 1.807) is 20.8 Å². The summed E-state index contributed by atoms with van der Waals surface area (Å²) in [6.45, 7) is 4.64. The number of carboxylic acids is 2. The highest BCUT2D eigenvalue weighted by molar-refractivity contribution is 7.92. The van der Waals surface area contributed by atoms with Crippen LogP contribution in [-0.4, -0.2) is 59.8 Å². The van der Waals surface area contributed by atoms with Gasteiger partial charge in [-0.1, -0.05) is 0 Å². The van der Waals surface area contributed by atoms with Crippen molar-refractivity contribution in [2.75, 3.05) is 11.5 Å². The average Bonchev–Trinajstić information content (AvgIpc) is 2.09. The van der Waals surface area contributed by atoms with Crippen LogP contribution >= 0.6 is 0 Å². The first-order chi connectivity index (χ1) is 8.82. The molecule has 20 heavy (non-hydrogen) atoms. The van der Waals surface area contributed by atoms with Crippen molar-refractivity contribution in [3.63, 3.8) is 0 Å². The third kappa shape index (κ3) is 8.29. The molecule has 10 heteroatoms. The number of hydrogen-bond acceptors (Lipinski definition) is 6. The molecule has 0 aromatic heterocycles. The van der Waals surface area contributed by atoms with Crippen molar-refractivity contribution in [1.29, 1.82) is 0 Å². The molecule has 0 radical (unpaired) electrons. The van der Waals surface area contributed by atoms with Crippen molar-refractivity contribution in [3.05, 3.63) is 0 Å². The summed E-state index contributed by atoms with van der Waals surface area (Å²) in [4.78, 5) is 32.6. The van der Waals surface area contributed by atoms with Crippen LogP contribution in [0.2, 0.25) is 0 Å². The number of ether oxygens (including phenoxy) is 1. The quantitative estimate of drug-likeness (QED) is 0.592. The van der Waals surface area contributed by atoms with Crippen LogP contribution < -0.4 is 5.32 Å². The van der Waals surface area contributed by atoms with E-state index in [4.69, 9.17) is 14.9 Å². The molecule has 0 rings (SSSR count). The fourth-order valence-corrected chi connectivity index (χ4v) is 2.35. The van der Waals surface area contributed by atoms with Crippen molar-refractivity contribution < 1.29 is 37.8 Å². The van der Waals surface area contributed by atoms with E-state index >= 15 is 0 Å². The van der Waals surface area contributed by atoms with E-state index in [0.29, 0.717) is 0 Å². The summed E-state index contributed by atoms with van der Waals surface area (Å²) in [5.74, 6) is -5.46. The Morgan fingerprint density at radius 1 is 1.20 bits per heavy atom. The topological polar surface area (TPSA) is 147 Å². The van der Waals surface area contributed by atoms with Gasteiger partial charge in [-0.25, -0.2) is 18.0 Å². The number of aliphatic carboxylic acids is 2. The van der Waals surface area contributed by atoms with Gasteiger partial charge >= 0.3 is 18.0 Å². The lowest BCUT2D eigenvalue weighted by atomic mass is 10.2. The second kappa shape index (κ2) is 6.55. The molecule has 3 N–H and O–H groups in total. The lowest BCUT2D eigenvalue weighted by Gasteiger charge is -2.21. The summed E-state index contributed by atoms with van der Waals surface area (Å²) in [6, 6.07) is -1.78. The fraction of sp³-hybridized carbons (Fsp3) is 0.700. The van der Waals surface area contributed by atoms with Gasteiger partial charge in [0.2, 0.25) is 0 Å². The Morgan fingerprint density at radius 3 is 2.05 bits per heavy atom. The number of amides is 1. The molecule has 0 aliphatic rings. The smallest absolute Gasteiger partial charge is 0.408 e. The van der Waals surface area contributed by atoms with E-state index in [2.05, 4.69) is 0 Å². The molecule has 0 aliphatic heterocycles. The summed E-state index contributed by atoms with van der Waals surface area (Å²) in [6.07, 6.45) is -1.10. The number of alkyl carbamates (subject to hydrolysis) is 1. The number of hydrogen-bond donors (Lipinski definition) is 3. The Balaban J connectivity index is 4.80. The molecule has 0 heterocycles. The maximum Gasteiger partial charge on any atom is 0.408 e. The Hall–Kier alpha value is -1.84. The highest BCUT2D eigenvalue weighted by atomic mass is 32.2. The molecule has 0 saturated carbocycles. The number of sulfone groups is 1. The minimum Gasteiger partial charge on any atom is -0.480 e. The van der Waals surface area contributed by atoms with E-state index in [9.17, 15) is 22.8 Å². The van der Waals surface area contributed by atoms with Crippen LogP contribution in [0.3, 0.4) is 0 Å². The molecule has 1 amide bonds. The second-order valence-electron chi connectivity index (χ2n) is 4.99. The van der Waals surface area contributed by atoms with Crippen LogP contribution in [0.5, 0.6) is 0 Å². The van der Waals surface area contributed by atoms with Gasteiger partial charge in [-0.05, 0) is 20.8 Å². The average molecular weight is 311 g/mol. The first-order valence-corrected chi connectivity index (χ1v) is 7.29. The van der Waals surface area contributed by atoms with Crippen molar-refractivity contribution >= 4 is 27.9 Å². The fourth-order valence-electron chi connectivity index (χ4n) is 1.13. The number of carboxylic acid groups (broad SMARTS) is 2. The van der Waals surface area contributed by atoms with Gasteiger partial charge in [0.1, 0.15) is 17.4 Å². The van der Waals surface area contributed by atoms with Crippen molar-refractivity contribution in [1.82, 2.24) is 5.32 Å². The van der Waals surface area contributed by atoms with Crippen molar-refractivity contribution in [2.24, 2.45) is 0 Å². The zero-order chi connectivity index (χ0) is 16.1. The molecular weight excluding hydrogens is 294 g/mol. The molecule has 0 aromatic rings. The predicted molar refractivity (Wildman–Crippen MR) is 67.1 cm³/mol. The number of rotatable bonds is 6. The van der Waals surface area contributed by atoms with E-state index in [1.165, 1.54) is 0 Å². The summed E-state index contributed by atoms with van der Waals surface area (Å²) in [5.41, 5.74) is -0.882. The lowest BCUT2D eigenvalue weighted by molar-refractivity contribution is -0.139. The molecule has 1 atom stereocenters. The van der Waals surface area contributed by atoms with E-state index in [-0.39, 0.29) is 0 Å². The van der Waals surface area contributed by atoms with Crippen molar-refractivity contribution in [3.8, 4) is 0 Å². The molecule has 0 saturated heterocycles. The lowest BCUT2D eigenvalue weighted by Crippen LogP contribution is -2.47. The maximum absolute atomic E-state index is 11.4. The highest BCUT2D eigenvalue weighted by Crippen LogP contribution is 2.07. The molecule has 116 valence electrons. The zero-order valence-electron chi connectivity index (χ0n) is 11.2. The molecule has 0 bridgehead atoms. The van der Waals surface area contributed by atoms with Crippen LogP contribution in [0.25, 0.3) is 0 Å². The van der Waals surface area contributed by atoms with E-state index in [0.717, 1.165) is 0 Å². The van der Waals surface area contributed by atoms with Gasteiger partial charge in [0.15, 0.2) is 9.84 Å². The van der Waals surface area contributed by atoms with Gasteiger partial charge in [0.05, 0.1) is 5.75 Å². The standard InChI is InChI=1S/C10H17NO8S/c1-10(2,3)19-9(16)11-6(8(14)15)4-20(17,18)5-7(12)13/h6H,4-5H2,1-3H3,(H,11,16)(H,12,13)(H,14,15). The maximum atomic E-state index is 11.4. The number of carbonyl (C=O) groups is 3. The van der Waals surface area contributed by atoms with Gasteiger partial charge in [-0.2, -0.15) is 0 Å². The van der Waals surface area contributed by atoms with Gasteiger partial charge in [0.25, 0.3) is 0 Å². The first-order valence-electron chi connectivity index (χ1n) is 5.47. The number of nitrogens with one attached hydrogen (secondary N) is 1. The minimum absolute atomic E-state index is 0.882. The van der Waals surface area contributed by atoms with Gasteiger partial charge in [-0.15, -0.1) is 0 Å². The highest BCUT2D eigenvalue weighted by Gasteiger charge is 2.30. The van der Waals surface area contributed by atoms with E-state index < -0.39 is 51.0 Å². The minimum atomic E-state index is -4.17. The summed E-state index contributed by atoms with van der Waals surface area (Å²) >= 11 is 0. The van der Waals surface area contributed by atoms with Gasteiger partial charge in [-0.3, -0.25) is 4.79 Å². The van der Waals surface area contributed by atoms with Crippen molar-refractivity contribution in [2.45, 2.75) is 32.4 Å². The number of carbonyl (C=O) groups excluding carboxylic acids is 1. The Bertz CT molecular complexity index is 490. The molecule has 0 aromatic carbocycles.